The van der Waals surface area contributed by atoms with Crippen LogP contribution in [0.25, 0.3) is 5.69 Å². The van der Waals surface area contributed by atoms with Gasteiger partial charge >= 0.3 is 5.97 Å². The standard InChI is InChI=1S/C16H18N2O2/c1-10(2)11-6-8-12(9-7-11)18-14-5-3-4-13(14)15(17-18)16(19)20/h6-10H,3-5H2,1-2H3,(H,19,20). The molecule has 0 aliphatic heterocycles. The van der Waals surface area contributed by atoms with E-state index in [1.165, 1.54) is 5.56 Å². The van der Waals surface area contributed by atoms with Gasteiger partial charge in [0.2, 0.25) is 0 Å². The number of fused-ring (bicyclic) bond motifs is 1. The summed E-state index contributed by atoms with van der Waals surface area (Å²) in [5.74, 6) is -0.442. The molecular weight excluding hydrogens is 252 g/mol. The lowest BCUT2D eigenvalue weighted by Crippen LogP contribution is -2.04. The number of carboxylic acids is 1. The molecule has 4 heteroatoms. The van der Waals surface area contributed by atoms with Gasteiger partial charge in [0.05, 0.1) is 5.69 Å². The highest BCUT2D eigenvalue weighted by atomic mass is 16.4. The highest BCUT2D eigenvalue weighted by Gasteiger charge is 2.26. The van der Waals surface area contributed by atoms with Gasteiger partial charge < -0.3 is 5.11 Å². The van der Waals surface area contributed by atoms with Crippen LogP contribution in [0.4, 0.5) is 0 Å². The largest absolute Gasteiger partial charge is 0.476 e. The molecule has 0 spiro atoms. The third-order valence-electron chi connectivity index (χ3n) is 3.94. The Bertz CT molecular complexity index is 654. The van der Waals surface area contributed by atoms with Crippen LogP contribution in [-0.4, -0.2) is 20.9 Å². The van der Waals surface area contributed by atoms with Crippen molar-refractivity contribution in [3.63, 3.8) is 0 Å². The van der Waals surface area contributed by atoms with Crippen LogP contribution in [0, 0.1) is 0 Å². The van der Waals surface area contributed by atoms with Crippen LogP contribution in [-0.2, 0) is 12.8 Å². The molecule has 1 heterocycles. The van der Waals surface area contributed by atoms with Crippen molar-refractivity contribution in [1.82, 2.24) is 9.78 Å². The summed E-state index contributed by atoms with van der Waals surface area (Å²) in [5.41, 5.74) is 4.40. The van der Waals surface area contributed by atoms with Crippen LogP contribution in [0.1, 0.15) is 53.5 Å². The van der Waals surface area contributed by atoms with Gasteiger partial charge in [0, 0.05) is 11.3 Å². The van der Waals surface area contributed by atoms with Crippen LogP contribution in [0.15, 0.2) is 24.3 Å². The van der Waals surface area contributed by atoms with E-state index in [1.807, 2.05) is 12.1 Å². The fraction of sp³-hybridized carbons (Fsp3) is 0.375. The molecule has 20 heavy (non-hydrogen) atoms. The zero-order chi connectivity index (χ0) is 14.3. The number of carboxylic acid groups (broad SMARTS) is 1. The van der Waals surface area contributed by atoms with E-state index < -0.39 is 5.97 Å². The maximum absolute atomic E-state index is 11.3. The highest BCUT2D eigenvalue weighted by molar-refractivity contribution is 5.87. The molecule has 1 aliphatic rings. The van der Waals surface area contributed by atoms with E-state index in [1.54, 1.807) is 4.68 Å². The summed E-state index contributed by atoms with van der Waals surface area (Å²) >= 11 is 0. The fourth-order valence-electron chi connectivity index (χ4n) is 2.82. The minimum absolute atomic E-state index is 0.213. The molecule has 0 saturated carbocycles. The number of hydrogen-bond acceptors (Lipinski definition) is 2. The van der Waals surface area contributed by atoms with Crippen molar-refractivity contribution in [2.45, 2.75) is 39.0 Å². The average molecular weight is 270 g/mol. The number of hydrogen-bond donors (Lipinski definition) is 1. The Kier molecular flexibility index (Phi) is 3.08. The smallest absolute Gasteiger partial charge is 0.356 e. The molecule has 104 valence electrons. The lowest BCUT2D eigenvalue weighted by atomic mass is 10.0. The van der Waals surface area contributed by atoms with Crippen molar-refractivity contribution in [2.75, 3.05) is 0 Å². The van der Waals surface area contributed by atoms with E-state index in [0.717, 1.165) is 36.2 Å². The lowest BCUT2D eigenvalue weighted by Gasteiger charge is -2.08. The van der Waals surface area contributed by atoms with E-state index >= 15 is 0 Å². The van der Waals surface area contributed by atoms with Gasteiger partial charge in [0.15, 0.2) is 5.69 Å². The summed E-state index contributed by atoms with van der Waals surface area (Å²) in [6, 6.07) is 8.21. The number of aromatic nitrogens is 2. The van der Waals surface area contributed by atoms with Crippen LogP contribution in [0.3, 0.4) is 0 Å². The third-order valence-corrected chi connectivity index (χ3v) is 3.94. The van der Waals surface area contributed by atoms with Crippen LogP contribution in [0.2, 0.25) is 0 Å². The van der Waals surface area contributed by atoms with Gasteiger partial charge in [0.25, 0.3) is 0 Å². The summed E-state index contributed by atoms with van der Waals surface area (Å²) in [4.78, 5) is 11.3. The molecule has 0 amide bonds. The predicted octanol–water partition coefficient (Wildman–Crippen LogP) is 3.18. The molecule has 4 nitrogen and oxygen atoms in total. The molecule has 0 unspecified atom stereocenters. The fourth-order valence-corrected chi connectivity index (χ4v) is 2.82. The summed E-state index contributed by atoms with van der Waals surface area (Å²) < 4.78 is 1.80. The molecule has 1 aromatic carbocycles. The molecule has 2 aromatic rings. The van der Waals surface area contributed by atoms with Gasteiger partial charge in [-0.25, -0.2) is 9.48 Å². The van der Waals surface area contributed by atoms with Gasteiger partial charge in [-0.05, 0) is 42.9 Å². The normalized spacial score (nSPS) is 13.8. The van der Waals surface area contributed by atoms with Crippen LogP contribution >= 0.6 is 0 Å². The van der Waals surface area contributed by atoms with Crippen molar-refractivity contribution in [2.24, 2.45) is 0 Å². The third kappa shape index (κ3) is 2.01. The van der Waals surface area contributed by atoms with E-state index in [0.29, 0.717) is 5.92 Å². The predicted molar refractivity (Wildman–Crippen MR) is 76.6 cm³/mol. The van der Waals surface area contributed by atoms with E-state index in [2.05, 4.69) is 31.1 Å². The van der Waals surface area contributed by atoms with Crippen molar-refractivity contribution in [3.05, 3.63) is 46.8 Å². The van der Waals surface area contributed by atoms with Crippen molar-refractivity contribution in [1.29, 1.82) is 0 Å². The van der Waals surface area contributed by atoms with Crippen LogP contribution in [0.5, 0.6) is 0 Å². The Morgan fingerprint density at radius 1 is 1.25 bits per heavy atom. The Labute approximate surface area is 118 Å². The number of rotatable bonds is 3. The summed E-state index contributed by atoms with van der Waals surface area (Å²) in [6.07, 6.45) is 2.74. The molecule has 0 radical (unpaired) electrons. The molecule has 0 fully saturated rings. The first-order chi connectivity index (χ1) is 9.58. The first-order valence-electron chi connectivity index (χ1n) is 7.02. The Balaban J connectivity index is 2.06. The minimum atomic E-state index is -0.930. The molecule has 3 rings (SSSR count). The quantitative estimate of drug-likeness (QED) is 0.932. The van der Waals surface area contributed by atoms with Crippen molar-refractivity contribution in [3.8, 4) is 5.69 Å². The molecular formula is C16H18N2O2. The van der Waals surface area contributed by atoms with Gasteiger partial charge in [-0.15, -0.1) is 0 Å². The molecule has 1 aromatic heterocycles. The molecule has 0 atom stereocenters. The average Bonchev–Trinajstić information content (AvgIpc) is 2.99. The second-order valence-corrected chi connectivity index (χ2v) is 5.59. The summed E-state index contributed by atoms with van der Waals surface area (Å²) in [7, 11) is 0. The van der Waals surface area contributed by atoms with Gasteiger partial charge in [0.1, 0.15) is 0 Å². The minimum Gasteiger partial charge on any atom is -0.476 e. The Hall–Kier alpha value is -2.10. The first kappa shape index (κ1) is 12.9. The highest BCUT2D eigenvalue weighted by Crippen LogP contribution is 2.28. The Morgan fingerprint density at radius 2 is 1.95 bits per heavy atom. The molecule has 0 saturated heterocycles. The summed E-state index contributed by atoms with van der Waals surface area (Å²) in [5, 5.41) is 13.5. The van der Waals surface area contributed by atoms with E-state index in [4.69, 9.17) is 0 Å². The number of benzene rings is 1. The van der Waals surface area contributed by atoms with Crippen LogP contribution < -0.4 is 0 Å². The first-order valence-corrected chi connectivity index (χ1v) is 7.02. The second kappa shape index (κ2) is 4.78. The zero-order valence-electron chi connectivity index (χ0n) is 11.8. The van der Waals surface area contributed by atoms with E-state index in [-0.39, 0.29) is 5.69 Å². The maximum Gasteiger partial charge on any atom is 0.356 e. The van der Waals surface area contributed by atoms with Gasteiger partial charge in [-0.3, -0.25) is 0 Å². The summed E-state index contributed by atoms with van der Waals surface area (Å²) in [6.45, 7) is 4.31. The number of carbonyl (C=O) groups is 1. The van der Waals surface area contributed by atoms with Crippen molar-refractivity contribution >= 4 is 5.97 Å². The number of aromatic carboxylic acids is 1. The molecule has 0 bridgehead atoms. The maximum atomic E-state index is 11.3. The molecule has 1 aliphatic carbocycles. The second-order valence-electron chi connectivity index (χ2n) is 5.59. The zero-order valence-corrected chi connectivity index (χ0v) is 11.8. The Morgan fingerprint density at radius 3 is 2.55 bits per heavy atom. The lowest BCUT2D eigenvalue weighted by molar-refractivity contribution is 0.0689. The topological polar surface area (TPSA) is 55.1 Å². The van der Waals surface area contributed by atoms with Gasteiger partial charge in [-0.1, -0.05) is 26.0 Å². The monoisotopic (exact) mass is 270 g/mol. The van der Waals surface area contributed by atoms with E-state index in [9.17, 15) is 9.90 Å². The SMILES string of the molecule is CC(C)c1ccc(-n2nc(C(=O)O)c3c2CCC3)cc1. The van der Waals surface area contributed by atoms with Crippen molar-refractivity contribution < 1.29 is 9.90 Å². The van der Waals surface area contributed by atoms with Gasteiger partial charge in [-0.2, -0.15) is 5.10 Å². The molecule has 1 N–H and O–H groups in total. The number of nitrogens with zero attached hydrogens (tertiary/aromatic N) is 2.